The zero-order valence-electron chi connectivity index (χ0n) is 12.6. The number of nitrogens with one attached hydrogen (secondary N) is 1. The molecule has 1 fully saturated rings. The molecule has 1 rings (SSSR count). The number of amides is 2. The van der Waals surface area contributed by atoms with Gasteiger partial charge in [-0.15, -0.1) is 0 Å². The van der Waals surface area contributed by atoms with E-state index in [0.717, 1.165) is 19.3 Å². The Morgan fingerprint density at radius 3 is 2.45 bits per heavy atom. The summed E-state index contributed by atoms with van der Waals surface area (Å²) in [5.74, 6) is -0.832. The van der Waals surface area contributed by atoms with Gasteiger partial charge in [0.2, 0.25) is 0 Å². The van der Waals surface area contributed by atoms with Crippen LogP contribution in [-0.4, -0.2) is 53.8 Å². The van der Waals surface area contributed by atoms with Crippen molar-refractivity contribution in [3.05, 3.63) is 0 Å². The number of carboxylic acids is 1. The third-order valence-electron chi connectivity index (χ3n) is 3.93. The number of ether oxygens (including phenoxy) is 1. The zero-order valence-corrected chi connectivity index (χ0v) is 12.6. The largest absolute Gasteiger partial charge is 0.481 e. The summed E-state index contributed by atoms with van der Waals surface area (Å²) in [4.78, 5) is 24.4. The summed E-state index contributed by atoms with van der Waals surface area (Å²) in [5, 5.41) is 11.6. The number of rotatable bonds is 8. The van der Waals surface area contributed by atoms with Gasteiger partial charge in [0.15, 0.2) is 0 Å². The highest BCUT2D eigenvalue weighted by molar-refractivity contribution is 5.74. The van der Waals surface area contributed by atoms with Crippen LogP contribution in [0.15, 0.2) is 0 Å². The quantitative estimate of drug-likeness (QED) is 0.713. The summed E-state index contributed by atoms with van der Waals surface area (Å²) >= 11 is 0. The average molecular weight is 286 g/mol. The molecule has 0 saturated heterocycles. The Balaban J connectivity index is 2.41. The van der Waals surface area contributed by atoms with Crippen LogP contribution in [-0.2, 0) is 9.53 Å². The third kappa shape index (κ3) is 4.67. The van der Waals surface area contributed by atoms with Gasteiger partial charge in [-0.25, -0.2) is 4.79 Å². The predicted molar refractivity (Wildman–Crippen MR) is 75.7 cm³/mol. The van der Waals surface area contributed by atoms with E-state index in [2.05, 4.69) is 5.32 Å². The highest BCUT2D eigenvalue weighted by atomic mass is 16.5. The van der Waals surface area contributed by atoms with E-state index in [4.69, 9.17) is 9.84 Å². The van der Waals surface area contributed by atoms with E-state index in [9.17, 15) is 9.59 Å². The first-order valence-electron chi connectivity index (χ1n) is 7.21. The maximum Gasteiger partial charge on any atom is 0.317 e. The molecule has 0 bridgehead atoms. The molecule has 0 spiro atoms. The molecular weight excluding hydrogens is 260 g/mol. The van der Waals surface area contributed by atoms with E-state index >= 15 is 0 Å². The lowest BCUT2D eigenvalue weighted by molar-refractivity contribution is -0.137. The highest BCUT2D eigenvalue weighted by Crippen LogP contribution is 2.34. The Morgan fingerprint density at radius 1 is 1.40 bits per heavy atom. The van der Waals surface area contributed by atoms with Crippen molar-refractivity contribution in [2.75, 3.05) is 20.2 Å². The Kier molecular flexibility index (Phi) is 6.26. The zero-order chi connectivity index (χ0) is 15.2. The minimum Gasteiger partial charge on any atom is -0.481 e. The summed E-state index contributed by atoms with van der Waals surface area (Å²) in [6.45, 7) is 4.83. The van der Waals surface area contributed by atoms with Gasteiger partial charge in [0.05, 0.1) is 5.60 Å². The molecule has 6 heteroatoms. The summed E-state index contributed by atoms with van der Waals surface area (Å²) in [7, 11) is 1.68. The fourth-order valence-corrected chi connectivity index (χ4v) is 2.36. The van der Waals surface area contributed by atoms with Gasteiger partial charge in [0, 0.05) is 32.7 Å². The second-order valence-electron chi connectivity index (χ2n) is 5.68. The van der Waals surface area contributed by atoms with E-state index < -0.39 is 5.97 Å². The first kappa shape index (κ1) is 16.8. The number of urea groups is 1. The lowest BCUT2D eigenvalue weighted by Crippen LogP contribution is -2.53. The minimum absolute atomic E-state index is 0.0451. The number of hydrogen-bond donors (Lipinski definition) is 2. The van der Waals surface area contributed by atoms with Crippen molar-refractivity contribution < 1.29 is 19.4 Å². The minimum atomic E-state index is -0.832. The highest BCUT2D eigenvalue weighted by Gasteiger charge is 2.37. The molecule has 0 aromatic heterocycles. The number of carbonyl (C=O) groups excluding carboxylic acids is 1. The van der Waals surface area contributed by atoms with Crippen LogP contribution in [0.5, 0.6) is 0 Å². The summed E-state index contributed by atoms with van der Waals surface area (Å²) in [6.07, 6.45) is 3.64. The molecule has 20 heavy (non-hydrogen) atoms. The van der Waals surface area contributed by atoms with Gasteiger partial charge in [-0.3, -0.25) is 4.79 Å². The van der Waals surface area contributed by atoms with Crippen molar-refractivity contribution in [3.8, 4) is 0 Å². The van der Waals surface area contributed by atoms with Gasteiger partial charge in [-0.05, 0) is 39.5 Å². The Hall–Kier alpha value is -1.30. The molecule has 0 atom stereocenters. The number of carbonyl (C=O) groups is 2. The topological polar surface area (TPSA) is 78.9 Å². The summed E-state index contributed by atoms with van der Waals surface area (Å²) in [6, 6.07) is -0.0996. The fraction of sp³-hybridized carbons (Fsp3) is 0.857. The van der Waals surface area contributed by atoms with E-state index in [0.29, 0.717) is 19.5 Å². The lowest BCUT2D eigenvalue weighted by atomic mass is 9.80. The standard InChI is InChI=1S/C14H26N2O4/c1-11(2)16(9-4-6-12(17)18)13(19)15-10-14(20-3)7-5-8-14/h11H,4-10H2,1-3H3,(H,15,19)(H,17,18). The first-order valence-corrected chi connectivity index (χ1v) is 7.21. The molecule has 0 unspecified atom stereocenters. The maximum absolute atomic E-state index is 12.2. The monoisotopic (exact) mass is 286 g/mol. The summed E-state index contributed by atoms with van der Waals surface area (Å²) < 4.78 is 5.47. The van der Waals surface area contributed by atoms with Crippen LogP contribution in [0.25, 0.3) is 0 Å². The molecule has 2 amide bonds. The molecular formula is C14H26N2O4. The van der Waals surface area contributed by atoms with Crippen molar-refractivity contribution in [1.29, 1.82) is 0 Å². The van der Waals surface area contributed by atoms with E-state index in [-0.39, 0.29) is 24.1 Å². The van der Waals surface area contributed by atoms with Crippen LogP contribution in [0.3, 0.4) is 0 Å². The fourth-order valence-electron chi connectivity index (χ4n) is 2.36. The van der Waals surface area contributed by atoms with Gasteiger partial charge in [-0.1, -0.05) is 0 Å². The van der Waals surface area contributed by atoms with E-state index in [1.54, 1.807) is 12.0 Å². The molecule has 116 valence electrons. The molecule has 0 heterocycles. The molecule has 0 aromatic carbocycles. The van der Waals surface area contributed by atoms with Crippen LogP contribution in [0.4, 0.5) is 4.79 Å². The van der Waals surface area contributed by atoms with Gasteiger partial charge in [0.1, 0.15) is 0 Å². The van der Waals surface area contributed by atoms with Gasteiger partial charge >= 0.3 is 12.0 Å². The number of nitrogens with zero attached hydrogens (tertiary/aromatic N) is 1. The van der Waals surface area contributed by atoms with Crippen LogP contribution in [0.2, 0.25) is 0 Å². The van der Waals surface area contributed by atoms with Gasteiger partial charge in [-0.2, -0.15) is 0 Å². The molecule has 0 radical (unpaired) electrons. The maximum atomic E-state index is 12.2. The molecule has 0 aliphatic heterocycles. The van der Waals surface area contributed by atoms with Gasteiger partial charge in [0.25, 0.3) is 0 Å². The second-order valence-corrected chi connectivity index (χ2v) is 5.68. The first-order chi connectivity index (χ1) is 9.40. The van der Waals surface area contributed by atoms with Crippen molar-refractivity contribution in [2.24, 2.45) is 0 Å². The Labute approximate surface area is 120 Å². The predicted octanol–water partition coefficient (Wildman–Crippen LogP) is 1.84. The van der Waals surface area contributed by atoms with E-state index in [1.165, 1.54) is 0 Å². The lowest BCUT2D eigenvalue weighted by Gasteiger charge is -2.41. The molecule has 1 aliphatic carbocycles. The van der Waals surface area contributed by atoms with E-state index in [1.807, 2.05) is 13.8 Å². The van der Waals surface area contributed by atoms with Crippen LogP contribution in [0.1, 0.15) is 46.0 Å². The number of aliphatic carboxylic acids is 1. The molecule has 6 nitrogen and oxygen atoms in total. The Morgan fingerprint density at radius 2 is 2.05 bits per heavy atom. The molecule has 2 N–H and O–H groups in total. The Bertz CT molecular complexity index is 335. The van der Waals surface area contributed by atoms with Crippen LogP contribution >= 0.6 is 0 Å². The van der Waals surface area contributed by atoms with Crippen molar-refractivity contribution in [1.82, 2.24) is 10.2 Å². The molecule has 0 aromatic rings. The number of hydrogen-bond acceptors (Lipinski definition) is 3. The second kappa shape index (κ2) is 7.47. The normalized spacial score (nSPS) is 16.6. The van der Waals surface area contributed by atoms with Crippen molar-refractivity contribution in [2.45, 2.75) is 57.6 Å². The molecule has 1 aliphatic rings. The average Bonchev–Trinajstić information content (AvgIpc) is 2.32. The summed E-state index contributed by atoms with van der Waals surface area (Å²) in [5.41, 5.74) is -0.195. The van der Waals surface area contributed by atoms with Crippen LogP contribution < -0.4 is 5.32 Å². The number of methoxy groups -OCH3 is 1. The number of carboxylic acid groups (broad SMARTS) is 1. The van der Waals surface area contributed by atoms with Gasteiger partial charge < -0.3 is 20.1 Å². The van der Waals surface area contributed by atoms with Crippen molar-refractivity contribution in [3.63, 3.8) is 0 Å². The molecule has 1 saturated carbocycles. The van der Waals surface area contributed by atoms with Crippen molar-refractivity contribution >= 4 is 12.0 Å². The smallest absolute Gasteiger partial charge is 0.317 e. The van der Waals surface area contributed by atoms with Crippen LogP contribution in [0, 0.1) is 0 Å². The SMILES string of the molecule is COC1(CNC(=O)N(CCCC(=O)O)C(C)C)CCC1. The third-order valence-corrected chi connectivity index (χ3v) is 3.93.